The quantitative estimate of drug-likeness (QED) is 0.772. The number of nitriles is 1. The van der Waals surface area contributed by atoms with Crippen LogP contribution in [0.15, 0.2) is 48.5 Å². The van der Waals surface area contributed by atoms with Crippen LogP contribution in [0.1, 0.15) is 36.0 Å². The summed E-state index contributed by atoms with van der Waals surface area (Å²) in [7, 11) is 0. The van der Waals surface area contributed by atoms with Crippen molar-refractivity contribution >= 4 is 29.1 Å². The van der Waals surface area contributed by atoms with Crippen molar-refractivity contribution in [2.24, 2.45) is 0 Å². The number of rotatable bonds is 6. The Balaban J connectivity index is 1.68. The van der Waals surface area contributed by atoms with E-state index in [0.29, 0.717) is 23.6 Å². The van der Waals surface area contributed by atoms with E-state index in [9.17, 15) is 14.9 Å². The molecule has 0 aliphatic heterocycles. The van der Waals surface area contributed by atoms with E-state index in [1.807, 2.05) is 18.2 Å². The normalized spacial score (nSPS) is 14.7. The van der Waals surface area contributed by atoms with Gasteiger partial charge in [-0.25, -0.2) is 0 Å². The molecule has 1 aliphatic carbocycles. The van der Waals surface area contributed by atoms with Gasteiger partial charge in [0.15, 0.2) is 6.61 Å². The highest BCUT2D eigenvalue weighted by molar-refractivity contribution is 6.31. The van der Waals surface area contributed by atoms with Gasteiger partial charge in [-0.05, 0) is 56.0 Å². The standard InChI is InChI=1S/C21H20ClN3O3/c22-15-8-9-18(17(12-15)20(27)24-16-6-2-1-3-7-16)28-13-19(26)25-21(14-23)10-4-5-11-21/h1-3,6-9,12H,4-5,10-11,13H2,(H,24,27)(H,25,26). The van der Waals surface area contributed by atoms with Crippen LogP contribution in [0.4, 0.5) is 5.69 Å². The molecule has 0 bridgehead atoms. The first-order valence-electron chi connectivity index (χ1n) is 9.02. The van der Waals surface area contributed by atoms with Crippen LogP contribution < -0.4 is 15.4 Å². The Morgan fingerprint density at radius 1 is 1.14 bits per heavy atom. The second-order valence-corrected chi connectivity index (χ2v) is 7.13. The zero-order valence-electron chi connectivity index (χ0n) is 15.2. The molecular weight excluding hydrogens is 378 g/mol. The van der Waals surface area contributed by atoms with Gasteiger partial charge in [-0.3, -0.25) is 9.59 Å². The maximum absolute atomic E-state index is 12.6. The van der Waals surface area contributed by atoms with E-state index in [0.717, 1.165) is 12.8 Å². The Labute approximate surface area is 168 Å². The number of nitrogens with one attached hydrogen (secondary N) is 2. The zero-order chi connectivity index (χ0) is 20.0. The summed E-state index contributed by atoms with van der Waals surface area (Å²) in [5, 5.41) is 15.3. The fraction of sp³-hybridized carbons (Fsp3) is 0.286. The Morgan fingerprint density at radius 3 is 2.54 bits per heavy atom. The largest absolute Gasteiger partial charge is 0.483 e. The molecule has 1 aliphatic rings. The molecule has 2 amide bonds. The molecule has 7 heteroatoms. The fourth-order valence-corrected chi connectivity index (χ4v) is 3.39. The maximum Gasteiger partial charge on any atom is 0.259 e. The number of benzene rings is 2. The number of halogens is 1. The summed E-state index contributed by atoms with van der Waals surface area (Å²) in [6.45, 7) is -0.295. The van der Waals surface area contributed by atoms with Gasteiger partial charge in [0.25, 0.3) is 11.8 Å². The van der Waals surface area contributed by atoms with Gasteiger partial charge < -0.3 is 15.4 Å². The highest BCUT2D eigenvalue weighted by Gasteiger charge is 2.35. The number of hydrogen-bond donors (Lipinski definition) is 2. The molecule has 0 atom stereocenters. The number of ether oxygens (including phenoxy) is 1. The van der Waals surface area contributed by atoms with Crippen LogP contribution in [-0.4, -0.2) is 24.0 Å². The molecule has 2 aromatic carbocycles. The Kier molecular flexibility index (Phi) is 6.17. The van der Waals surface area contributed by atoms with Gasteiger partial charge >= 0.3 is 0 Å². The highest BCUT2D eigenvalue weighted by atomic mass is 35.5. The van der Waals surface area contributed by atoms with Crippen molar-refractivity contribution in [1.29, 1.82) is 5.26 Å². The van der Waals surface area contributed by atoms with Crippen LogP contribution in [0.3, 0.4) is 0 Å². The summed E-state index contributed by atoms with van der Waals surface area (Å²) in [5.74, 6) is -0.549. The van der Waals surface area contributed by atoms with Gasteiger partial charge in [-0.15, -0.1) is 0 Å². The minimum Gasteiger partial charge on any atom is -0.483 e. The second-order valence-electron chi connectivity index (χ2n) is 6.70. The second kappa shape index (κ2) is 8.77. The molecule has 0 saturated heterocycles. The number of amides is 2. The summed E-state index contributed by atoms with van der Waals surface area (Å²) in [6.07, 6.45) is 3.10. The molecule has 144 valence electrons. The molecule has 0 unspecified atom stereocenters. The number of para-hydroxylation sites is 1. The average molecular weight is 398 g/mol. The fourth-order valence-electron chi connectivity index (χ4n) is 3.21. The first-order valence-corrected chi connectivity index (χ1v) is 9.40. The monoisotopic (exact) mass is 397 g/mol. The summed E-state index contributed by atoms with van der Waals surface area (Å²) < 4.78 is 5.57. The third kappa shape index (κ3) is 4.81. The van der Waals surface area contributed by atoms with Crippen molar-refractivity contribution in [3.8, 4) is 11.8 Å². The third-order valence-electron chi connectivity index (χ3n) is 4.63. The predicted octanol–water partition coefficient (Wildman–Crippen LogP) is 3.92. The molecular formula is C21H20ClN3O3. The zero-order valence-corrected chi connectivity index (χ0v) is 16.0. The van der Waals surface area contributed by atoms with E-state index in [1.54, 1.807) is 24.3 Å². The van der Waals surface area contributed by atoms with Crippen LogP contribution >= 0.6 is 11.6 Å². The lowest BCUT2D eigenvalue weighted by atomic mass is 10.00. The number of hydrogen-bond acceptors (Lipinski definition) is 4. The van der Waals surface area contributed by atoms with Crippen LogP contribution in [-0.2, 0) is 4.79 Å². The van der Waals surface area contributed by atoms with Crippen molar-refractivity contribution < 1.29 is 14.3 Å². The molecule has 0 aromatic heterocycles. The summed E-state index contributed by atoms with van der Waals surface area (Å²) >= 11 is 6.03. The lowest BCUT2D eigenvalue weighted by Gasteiger charge is -2.22. The minimum atomic E-state index is -0.812. The summed E-state index contributed by atoms with van der Waals surface area (Å²) in [4.78, 5) is 24.9. The van der Waals surface area contributed by atoms with E-state index in [2.05, 4.69) is 16.7 Å². The van der Waals surface area contributed by atoms with Crippen molar-refractivity contribution in [2.75, 3.05) is 11.9 Å². The molecule has 1 saturated carbocycles. The summed E-state index contributed by atoms with van der Waals surface area (Å²) in [6, 6.07) is 15.8. The third-order valence-corrected chi connectivity index (χ3v) is 4.86. The van der Waals surface area contributed by atoms with Crippen molar-refractivity contribution in [2.45, 2.75) is 31.2 Å². The molecule has 2 aromatic rings. The topological polar surface area (TPSA) is 91.2 Å². The number of carbonyl (C=O) groups excluding carboxylic acids is 2. The van der Waals surface area contributed by atoms with Crippen molar-refractivity contribution in [1.82, 2.24) is 5.32 Å². The van der Waals surface area contributed by atoms with Gasteiger partial charge in [0.2, 0.25) is 0 Å². The first-order chi connectivity index (χ1) is 13.5. The van der Waals surface area contributed by atoms with E-state index < -0.39 is 17.4 Å². The van der Waals surface area contributed by atoms with Crippen LogP contribution in [0.5, 0.6) is 5.75 Å². The smallest absolute Gasteiger partial charge is 0.259 e. The van der Waals surface area contributed by atoms with Gasteiger partial charge in [0.05, 0.1) is 11.6 Å². The SMILES string of the molecule is N#CC1(NC(=O)COc2ccc(Cl)cc2C(=O)Nc2ccccc2)CCCC1. The Morgan fingerprint density at radius 2 is 1.86 bits per heavy atom. The molecule has 0 radical (unpaired) electrons. The molecule has 28 heavy (non-hydrogen) atoms. The van der Waals surface area contributed by atoms with Crippen LogP contribution in [0.2, 0.25) is 5.02 Å². The van der Waals surface area contributed by atoms with E-state index >= 15 is 0 Å². The molecule has 2 N–H and O–H groups in total. The predicted molar refractivity (Wildman–Crippen MR) is 106 cm³/mol. The maximum atomic E-state index is 12.6. The van der Waals surface area contributed by atoms with Gasteiger partial charge in [-0.2, -0.15) is 5.26 Å². The number of anilines is 1. The van der Waals surface area contributed by atoms with Crippen molar-refractivity contribution in [3.63, 3.8) is 0 Å². The van der Waals surface area contributed by atoms with E-state index in [4.69, 9.17) is 16.3 Å². The molecule has 0 heterocycles. The van der Waals surface area contributed by atoms with Gasteiger partial charge in [0, 0.05) is 10.7 Å². The minimum absolute atomic E-state index is 0.222. The average Bonchev–Trinajstić information content (AvgIpc) is 3.16. The van der Waals surface area contributed by atoms with Gasteiger partial charge in [-0.1, -0.05) is 29.8 Å². The van der Waals surface area contributed by atoms with Crippen LogP contribution in [0, 0.1) is 11.3 Å². The summed E-state index contributed by atoms with van der Waals surface area (Å²) in [5.41, 5.74) is 0.0434. The van der Waals surface area contributed by atoms with Crippen LogP contribution in [0.25, 0.3) is 0 Å². The highest BCUT2D eigenvalue weighted by Crippen LogP contribution is 2.29. The lowest BCUT2D eigenvalue weighted by molar-refractivity contribution is -0.124. The van der Waals surface area contributed by atoms with E-state index in [1.165, 1.54) is 6.07 Å². The lowest BCUT2D eigenvalue weighted by Crippen LogP contribution is -2.47. The molecule has 3 rings (SSSR count). The Bertz CT molecular complexity index is 903. The first kappa shape index (κ1) is 19.7. The molecule has 6 nitrogen and oxygen atoms in total. The number of nitrogens with zero attached hydrogens (tertiary/aromatic N) is 1. The molecule has 0 spiro atoms. The molecule has 1 fully saturated rings. The van der Waals surface area contributed by atoms with Gasteiger partial charge in [0.1, 0.15) is 11.3 Å². The van der Waals surface area contributed by atoms with Crippen molar-refractivity contribution in [3.05, 3.63) is 59.1 Å². The Hall–Kier alpha value is -3.04. The number of carbonyl (C=O) groups is 2. The van der Waals surface area contributed by atoms with E-state index in [-0.39, 0.29) is 17.9 Å².